The zero-order valence-corrected chi connectivity index (χ0v) is 9.91. The fourth-order valence-electron chi connectivity index (χ4n) is 4.13. The molecule has 0 amide bonds. The van der Waals surface area contributed by atoms with Gasteiger partial charge in [-0.3, -0.25) is 0 Å². The third kappa shape index (κ3) is 1.94. The lowest BCUT2D eigenvalue weighted by molar-refractivity contribution is 0.117. The monoisotopic (exact) mass is 208 g/mol. The minimum atomic E-state index is 0.875. The number of piperidine rings is 2. The van der Waals surface area contributed by atoms with Crippen molar-refractivity contribution in [1.29, 1.82) is 0 Å². The quantitative estimate of drug-likeness (QED) is 0.707. The van der Waals surface area contributed by atoms with Crippen molar-refractivity contribution in [2.24, 2.45) is 11.8 Å². The Labute approximate surface area is 93.4 Å². The highest BCUT2D eigenvalue weighted by atomic mass is 15.1. The summed E-state index contributed by atoms with van der Waals surface area (Å²) in [7, 11) is 2.29. The zero-order valence-electron chi connectivity index (χ0n) is 9.91. The number of nitrogens with one attached hydrogen (secondary N) is 1. The lowest BCUT2D eigenvalue weighted by Crippen LogP contribution is -2.47. The van der Waals surface area contributed by atoms with Gasteiger partial charge in [-0.2, -0.15) is 0 Å². The third-order valence-corrected chi connectivity index (χ3v) is 4.91. The molecule has 86 valence electrons. The van der Waals surface area contributed by atoms with E-state index in [-0.39, 0.29) is 0 Å². The first kappa shape index (κ1) is 10.1. The van der Waals surface area contributed by atoms with Crippen molar-refractivity contribution in [2.45, 2.75) is 50.6 Å². The Morgan fingerprint density at radius 2 is 1.93 bits per heavy atom. The summed E-state index contributed by atoms with van der Waals surface area (Å²) in [6.07, 6.45) is 8.76. The van der Waals surface area contributed by atoms with E-state index in [0.717, 1.165) is 23.9 Å². The van der Waals surface area contributed by atoms with Gasteiger partial charge in [0, 0.05) is 18.6 Å². The van der Waals surface area contributed by atoms with E-state index in [2.05, 4.69) is 17.3 Å². The van der Waals surface area contributed by atoms with Crippen molar-refractivity contribution in [3.8, 4) is 0 Å². The first-order valence-corrected chi connectivity index (χ1v) is 6.77. The second-order valence-electron chi connectivity index (χ2n) is 5.95. The fraction of sp³-hybridized carbons (Fsp3) is 1.00. The van der Waals surface area contributed by atoms with Gasteiger partial charge in [-0.1, -0.05) is 0 Å². The van der Waals surface area contributed by atoms with Crippen molar-refractivity contribution >= 4 is 0 Å². The predicted octanol–water partition coefficient (Wildman–Crippen LogP) is 1.86. The molecule has 3 heterocycles. The standard InChI is InChI=1S/C13H24N2/c1-15-8-2-3-10(9-15)12-6-4-11-5-7-13(12)14-11/h10-14H,2-9H2,1H3. The summed E-state index contributed by atoms with van der Waals surface area (Å²) in [5.74, 6) is 1.98. The Balaban J connectivity index is 1.65. The third-order valence-electron chi connectivity index (χ3n) is 4.91. The molecule has 0 aromatic carbocycles. The number of hydrogen-bond donors (Lipinski definition) is 1. The lowest BCUT2D eigenvalue weighted by Gasteiger charge is -2.40. The molecular weight excluding hydrogens is 184 g/mol. The first-order valence-electron chi connectivity index (χ1n) is 6.77. The van der Waals surface area contributed by atoms with Crippen LogP contribution in [0.25, 0.3) is 0 Å². The smallest absolute Gasteiger partial charge is 0.0102 e. The summed E-state index contributed by atoms with van der Waals surface area (Å²) in [5.41, 5.74) is 0. The molecule has 3 saturated heterocycles. The van der Waals surface area contributed by atoms with E-state index in [0.29, 0.717) is 0 Å². The van der Waals surface area contributed by atoms with Crippen LogP contribution in [0.1, 0.15) is 38.5 Å². The minimum Gasteiger partial charge on any atom is -0.311 e. The van der Waals surface area contributed by atoms with Gasteiger partial charge in [-0.05, 0) is 64.0 Å². The maximum atomic E-state index is 3.83. The molecule has 0 radical (unpaired) electrons. The fourth-order valence-corrected chi connectivity index (χ4v) is 4.13. The SMILES string of the molecule is CN1CCCC(C2CCC3CCC2N3)C1. The van der Waals surface area contributed by atoms with Crippen LogP contribution in [0.3, 0.4) is 0 Å². The molecule has 1 N–H and O–H groups in total. The van der Waals surface area contributed by atoms with E-state index in [1.165, 1.54) is 51.6 Å². The van der Waals surface area contributed by atoms with Crippen molar-refractivity contribution in [3.05, 3.63) is 0 Å². The predicted molar refractivity (Wildman–Crippen MR) is 62.9 cm³/mol. The highest BCUT2D eigenvalue weighted by Crippen LogP contribution is 2.38. The summed E-state index contributed by atoms with van der Waals surface area (Å²) in [6.45, 7) is 2.68. The van der Waals surface area contributed by atoms with Crippen molar-refractivity contribution in [1.82, 2.24) is 10.2 Å². The van der Waals surface area contributed by atoms with Crippen LogP contribution >= 0.6 is 0 Å². The number of likely N-dealkylation sites (tertiary alicyclic amines) is 1. The van der Waals surface area contributed by atoms with Gasteiger partial charge >= 0.3 is 0 Å². The highest BCUT2D eigenvalue weighted by molar-refractivity contribution is 4.96. The second-order valence-corrected chi connectivity index (χ2v) is 5.95. The second kappa shape index (κ2) is 4.06. The van der Waals surface area contributed by atoms with Crippen LogP contribution in [0.15, 0.2) is 0 Å². The molecule has 2 heteroatoms. The van der Waals surface area contributed by atoms with Crippen LogP contribution in [0, 0.1) is 11.8 Å². The van der Waals surface area contributed by atoms with E-state index < -0.39 is 0 Å². The molecule has 0 aromatic rings. The van der Waals surface area contributed by atoms with Crippen molar-refractivity contribution in [2.75, 3.05) is 20.1 Å². The van der Waals surface area contributed by atoms with Crippen LogP contribution in [0.5, 0.6) is 0 Å². The normalized spacial score (nSPS) is 47.0. The van der Waals surface area contributed by atoms with Gasteiger partial charge in [-0.15, -0.1) is 0 Å². The largest absolute Gasteiger partial charge is 0.311 e. The summed E-state index contributed by atoms with van der Waals surface area (Å²) in [4.78, 5) is 2.54. The van der Waals surface area contributed by atoms with Crippen molar-refractivity contribution < 1.29 is 0 Å². The van der Waals surface area contributed by atoms with Crippen LogP contribution in [-0.4, -0.2) is 37.1 Å². The average Bonchev–Trinajstić information content (AvgIpc) is 2.61. The Morgan fingerprint density at radius 1 is 1.07 bits per heavy atom. The summed E-state index contributed by atoms with van der Waals surface area (Å²) < 4.78 is 0. The molecule has 2 nitrogen and oxygen atoms in total. The maximum absolute atomic E-state index is 3.83. The van der Waals surface area contributed by atoms with Gasteiger partial charge in [0.05, 0.1) is 0 Å². The van der Waals surface area contributed by atoms with Crippen LogP contribution < -0.4 is 5.32 Å². The number of hydrogen-bond acceptors (Lipinski definition) is 2. The molecule has 15 heavy (non-hydrogen) atoms. The first-order chi connectivity index (χ1) is 7.33. The Hall–Kier alpha value is -0.0800. The molecule has 3 fully saturated rings. The lowest BCUT2D eigenvalue weighted by atomic mass is 9.77. The molecule has 0 aromatic heterocycles. The molecule has 3 aliphatic heterocycles. The van der Waals surface area contributed by atoms with E-state index in [9.17, 15) is 0 Å². The van der Waals surface area contributed by atoms with Crippen molar-refractivity contribution in [3.63, 3.8) is 0 Å². The van der Waals surface area contributed by atoms with E-state index in [1.807, 2.05) is 0 Å². The van der Waals surface area contributed by atoms with Gasteiger partial charge in [0.25, 0.3) is 0 Å². The molecule has 0 aliphatic carbocycles. The van der Waals surface area contributed by atoms with Gasteiger partial charge in [0.2, 0.25) is 0 Å². The molecule has 4 unspecified atom stereocenters. The molecule has 0 saturated carbocycles. The molecule has 3 rings (SSSR count). The maximum Gasteiger partial charge on any atom is 0.0102 e. The van der Waals surface area contributed by atoms with Crippen LogP contribution in [0.2, 0.25) is 0 Å². The summed E-state index contributed by atoms with van der Waals surface area (Å²) in [6, 6.07) is 1.76. The zero-order chi connectivity index (χ0) is 10.3. The summed E-state index contributed by atoms with van der Waals surface area (Å²) >= 11 is 0. The molecular formula is C13H24N2. The van der Waals surface area contributed by atoms with Gasteiger partial charge in [0.1, 0.15) is 0 Å². The van der Waals surface area contributed by atoms with E-state index in [4.69, 9.17) is 0 Å². The summed E-state index contributed by atoms with van der Waals surface area (Å²) in [5, 5.41) is 3.83. The Kier molecular flexibility index (Phi) is 2.73. The number of fused-ring (bicyclic) bond motifs is 2. The van der Waals surface area contributed by atoms with Crippen LogP contribution in [-0.2, 0) is 0 Å². The molecule has 4 atom stereocenters. The van der Waals surface area contributed by atoms with Gasteiger partial charge < -0.3 is 10.2 Å². The Morgan fingerprint density at radius 3 is 2.80 bits per heavy atom. The highest BCUT2D eigenvalue weighted by Gasteiger charge is 2.39. The van der Waals surface area contributed by atoms with E-state index >= 15 is 0 Å². The Bertz CT molecular complexity index is 229. The van der Waals surface area contributed by atoms with Gasteiger partial charge in [0.15, 0.2) is 0 Å². The molecule has 2 bridgehead atoms. The molecule has 3 aliphatic rings. The topological polar surface area (TPSA) is 15.3 Å². The number of rotatable bonds is 1. The molecule has 0 spiro atoms. The average molecular weight is 208 g/mol. The van der Waals surface area contributed by atoms with E-state index in [1.54, 1.807) is 0 Å². The minimum absolute atomic E-state index is 0.875. The number of nitrogens with zero attached hydrogens (tertiary/aromatic N) is 1. The van der Waals surface area contributed by atoms with Gasteiger partial charge in [-0.25, -0.2) is 0 Å². The van der Waals surface area contributed by atoms with Crippen LogP contribution in [0.4, 0.5) is 0 Å².